The lowest BCUT2D eigenvalue weighted by atomic mass is 10.2. The monoisotopic (exact) mass is 370 g/mol. The maximum atomic E-state index is 12.5. The highest BCUT2D eigenvalue weighted by Gasteiger charge is 2.33. The first-order valence-corrected chi connectivity index (χ1v) is 9.91. The Hall–Kier alpha value is -2.92. The second-order valence-electron chi connectivity index (χ2n) is 6.22. The molecular weight excluding hydrogens is 352 g/mol. The van der Waals surface area contributed by atoms with Crippen LogP contribution in [-0.4, -0.2) is 48.8 Å². The summed E-state index contributed by atoms with van der Waals surface area (Å²) in [6.07, 6.45) is 2.01. The molecule has 0 spiro atoms. The van der Waals surface area contributed by atoms with Crippen LogP contribution >= 0.6 is 0 Å². The smallest absolute Gasteiger partial charge is 0.272 e. The van der Waals surface area contributed by atoms with Gasteiger partial charge in [-0.25, -0.2) is 13.4 Å². The summed E-state index contributed by atoms with van der Waals surface area (Å²) in [5, 5.41) is 11.9. The molecule has 1 unspecified atom stereocenters. The lowest BCUT2D eigenvalue weighted by molar-refractivity contribution is 0.0742. The molecule has 134 valence electrons. The number of pyridine rings is 1. The van der Waals surface area contributed by atoms with Crippen molar-refractivity contribution in [1.29, 1.82) is 5.26 Å². The molecule has 1 aliphatic rings. The third-order valence-electron chi connectivity index (χ3n) is 4.36. The second-order valence-corrected chi connectivity index (χ2v) is 8.45. The van der Waals surface area contributed by atoms with Crippen LogP contribution in [0.25, 0.3) is 0 Å². The summed E-state index contributed by atoms with van der Waals surface area (Å²) in [5.74, 6) is -0.166. The summed E-state index contributed by atoms with van der Waals surface area (Å²) in [7, 11) is -1.44. The van der Waals surface area contributed by atoms with E-state index in [2.05, 4.69) is 16.4 Å². The molecule has 2 aromatic rings. The largest absolute Gasteiger partial charge is 0.354 e. The van der Waals surface area contributed by atoms with Crippen LogP contribution in [0.2, 0.25) is 0 Å². The number of nitrogens with zero attached hydrogens (tertiary/aromatic N) is 3. The van der Waals surface area contributed by atoms with E-state index in [-0.39, 0.29) is 29.1 Å². The Morgan fingerprint density at radius 2 is 1.92 bits per heavy atom. The van der Waals surface area contributed by atoms with Gasteiger partial charge in [0.1, 0.15) is 5.69 Å². The van der Waals surface area contributed by atoms with Crippen molar-refractivity contribution in [3.8, 4) is 6.07 Å². The molecule has 1 aromatic carbocycles. The Morgan fingerprint density at radius 3 is 2.46 bits per heavy atom. The fraction of sp³-hybridized carbons (Fsp3) is 0.278. The van der Waals surface area contributed by atoms with Gasteiger partial charge in [0.2, 0.25) is 0 Å². The first-order valence-electron chi connectivity index (χ1n) is 8.09. The Kier molecular flexibility index (Phi) is 4.91. The molecule has 1 atom stereocenters. The van der Waals surface area contributed by atoms with Crippen molar-refractivity contribution in [2.24, 2.45) is 0 Å². The highest BCUT2D eigenvalue weighted by molar-refractivity contribution is 7.91. The van der Waals surface area contributed by atoms with Gasteiger partial charge in [-0.2, -0.15) is 5.26 Å². The van der Waals surface area contributed by atoms with Crippen LogP contribution in [0.4, 0.5) is 11.4 Å². The SMILES string of the molecule is CN(C(=O)c1ccc(Nc2ccc(C#N)cc2)cn1)C1CCS(=O)(=O)C1. The van der Waals surface area contributed by atoms with E-state index in [1.54, 1.807) is 49.6 Å². The van der Waals surface area contributed by atoms with Crippen LogP contribution in [0.1, 0.15) is 22.5 Å². The summed E-state index contributed by atoms with van der Waals surface area (Å²) >= 11 is 0. The molecule has 7 nitrogen and oxygen atoms in total. The zero-order valence-corrected chi connectivity index (χ0v) is 15.0. The minimum atomic E-state index is -3.05. The number of benzene rings is 1. The van der Waals surface area contributed by atoms with Crippen molar-refractivity contribution in [3.63, 3.8) is 0 Å². The summed E-state index contributed by atoms with van der Waals surface area (Å²) in [5.41, 5.74) is 2.35. The molecule has 0 radical (unpaired) electrons. The normalized spacial score (nSPS) is 18.1. The lowest BCUT2D eigenvalue weighted by Crippen LogP contribution is -2.38. The van der Waals surface area contributed by atoms with E-state index < -0.39 is 9.84 Å². The average Bonchev–Trinajstić information content (AvgIpc) is 3.01. The molecule has 1 aliphatic heterocycles. The lowest BCUT2D eigenvalue weighted by Gasteiger charge is -2.23. The molecule has 26 heavy (non-hydrogen) atoms. The van der Waals surface area contributed by atoms with Gasteiger partial charge < -0.3 is 10.2 Å². The molecule has 0 bridgehead atoms. The maximum Gasteiger partial charge on any atom is 0.272 e. The quantitative estimate of drug-likeness (QED) is 0.882. The van der Waals surface area contributed by atoms with E-state index in [1.165, 1.54) is 4.90 Å². The van der Waals surface area contributed by atoms with Gasteiger partial charge in [0.15, 0.2) is 9.84 Å². The zero-order chi connectivity index (χ0) is 18.7. The van der Waals surface area contributed by atoms with Crippen LogP contribution in [0.5, 0.6) is 0 Å². The van der Waals surface area contributed by atoms with Gasteiger partial charge in [-0.1, -0.05) is 0 Å². The van der Waals surface area contributed by atoms with E-state index in [9.17, 15) is 13.2 Å². The Bertz CT molecular complexity index is 947. The fourth-order valence-corrected chi connectivity index (χ4v) is 4.59. The van der Waals surface area contributed by atoms with Gasteiger partial charge in [-0.15, -0.1) is 0 Å². The third-order valence-corrected chi connectivity index (χ3v) is 6.11. The van der Waals surface area contributed by atoms with Crippen molar-refractivity contribution in [2.75, 3.05) is 23.9 Å². The minimum absolute atomic E-state index is 0.00751. The van der Waals surface area contributed by atoms with E-state index >= 15 is 0 Å². The predicted molar refractivity (Wildman–Crippen MR) is 97.8 cm³/mol. The molecule has 1 N–H and O–H groups in total. The van der Waals surface area contributed by atoms with Crippen molar-refractivity contribution in [1.82, 2.24) is 9.88 Å². The molecule has 2 heterocycles. The second kappa shape index (κ2) is 7.14. The number of hydrogen-bond acceptors (Lipinski definition) is 6. The van der Waals surface area contributed by atoms with Crippen molar-refractivity contribution < 1.29 is 13.2 Å². The number of carbonyl (C=O) groups is 1. The molecule has 3 rings (SSSR count). The number of anilines is 2. The topological polar surface area (TPSA) is 103 Å². The summed E-state index contributed by atoms with van der Waals surface area (Å²) in [6, 6.07) is 12.1. The van der Waals surface area contributed by atoms with E-state index in [0.717, 1.165) is 5.69 Å². The average molecular weight is 370 g/mol. The van der Waals surface area contributed by atoms with Crippen molar-refractivity contribution >= 4 is 27.1 Å². The minimum Gasteiger partial charge on any atom is -0.354 e. The molecule has 1 amide bonds. The maximum absolute atomic E-state index is 12.5. The molecule has 0 saturated carbocycles. The van der Waals surface area contributed by atoms with Gasteiger partial charge in [-0.05, 0) is 42.8 Å². The van der Waals surface area contributed by atoms with E-state index in [4.69, 9.17) is 5.26 Å². The number of carbonyl (C=O) groups excluding carboxylic acids is 1. The molecule has 1 aromatic heterocycles. The van der Waals surface area contributed by atoms with Gasteiger partial charge in [0.25, 0.3) is 5.91 Å². The van der Waals surface area contributed by atoms with Crippen LogP contribution < -0.4 is 5.32 Å². The first kappa shape index (κ1) is 17.9. The standard InChI is InChI=1S/C18H18N4O3S/c1-22(16-8-9-26(24,25)12-16)18(23)17-7-6-15(11-20-17)21-14-4-2-13(10-19)3-5-14/h2-7,11,16,21H,8-9,12H2,1H3. The Morgan fingerprint density at radius 1 is 1.23 bits per heavy atom. The summed E-state index contributed by atoms with van der Waals surface area (Å²) in [6.45, 7) is 0. The van der Waals surface area contributed by atoms with Crippen LogP contribution in [-0.2, 0) is 9.84 Å². The summed E-state index contributed by atoms with van der Waals surface area (Å²) < 4.78 is 23.2. The predicted octanol–water partition coefficient (Wildman–Crippen LogP) is 1.96. The van der Waals surface area contributed by atoms with Crippen molar-refractivity contribution in [2.45, 2.75) is 12.5 Å². The molecule has 1 saturated heterocycles. The highest BCUT2D eigenvalue weighted by atomic mass is 32.2. The number of nitriles is 1. The van der Waals surface area contributed by atoms with Gasteiger partial charge >= 0.3 is 0 Å². The Labute approximate surface area is 152 Å². The number of nitrogens with one attached hydrogen (secondary N) is 1. The van der Waals surface area contributed by atoms with E-state index in [0.29, 0.717) is 17.7 Å². The highest BCUT2D eigenvalue weighted by Crippen LogP contribution is 2.20. The molecule has 1 fully saturated rings. The van der Waals surface area contributed by atoms with Crippen LogP contribution in [0, 0.1) is 11.3 Å². The number of aromatic nitrogens is 1. The molecular formula is C18H18N4O3S. The molecule has 8 heteroatoms. The zero-order valence-electron chi connectivity index (χ0n) is 14.2. The van der Waals surface area contributed by atoms with Crippen LogP contribution in [0.3, 0.4) is 0 Å². The number of amides is 1. The number of hydrogen-bond donors (Lipinski definition) is 1. The molecule has 0 aliphatic carbocycles. The fourth-order valence-electron chi connectivity index (χ4n) is 2.82. The van der Waals surface area contributed by atoms with Gasteiger partial charge in [-0.3, -0.25) is 4.79 Å². The number of rotatable bonds is 4. The van der Waals surface area contributed by atoms with Crippen molar-refractivity contribution in [3.05, 3.63) is 53.9 Å². The Balaban J connectivity index is 1.66. The number of sulfone groups is 1. The van der Waals surface area contributed by atoms with Gasteiger partial charge in [0, 0.05) is 18.8 Å². The summed E-state index contributed by atoms with van der Waals surface area (Å²) in [4.78, 5) is 18.1. The van der Waals surface area contributed by atoms with Crippen LogP contribution in [0.15, 0.2) is 42.6 Å². The third kappa shape index (κ3) is 4.00. The first-order chi connectivity index (χ1) is 12.4. The van der Waals surface area contributed by atoms with Gasteiger partial charge in [0.05, 0.1) is 35.0 Å². The van der Waals surface area contributed by atoms with E-state index in [1.807, 2.05) is 0 Å².